The zero-order valence-corrected chi connectivity index (χ0v) is 32.4. The van der Waals surface area contributed by atoms with E-state index in [1.165, 1.54) is 5.57 Å². The van der Waals surface area contributed by atoms with Crippen molar-refractivity contribution in [3.8, 4) is 11.5 Å². The Morgan fingerprint density at radius 3 is 2.22 bits per heavy atom. The lowest BCUT2D eigenvalue weighted by Crippen LogP contribution is -2.62. The SMILES string of the molecule is COc1ccc(OC)c([C@@H]2C[C@H]3[C@@H]4CC=C5C[C@@H](O[C@@H]6O[C@H](CO[C@@H]7O[C@H](CO)[C@@H](O)[C@H](O)[C@H]7O)[C@@H](O)[C@H](O)[C@H]6O)CC[C@]5(C)[C@H]4CC[C@]3(C)[C@H]2C(C)=O)c1. The number of Topliss-reactive ketones (excluding diaryl/α,β-unsaturated/α-hetero) is 1. The van der Waals surface area contributed by atoms with E-state index >= 15 is 0 Å². The van der Waals surface area contributed by atoms with Crippen LogP contribution in [0.1, 0.15) is 77.2 Å². The zero-order valence-electron chi connectivity index (χ0n) is 32.4. The second kappa shape index (κ2) is 15.9. The number of ether oxygens (including phenoxy) is 6. The second-order valence-corrected chi connectivity index (χ2v) is 17.4. The van der Waals surface area contributed by atoms with Crippen LogP contribution in [0.5, 0.6) is 11.5 Å². The van der Waals surface area contributed by atoms with Crippen molar-refractivity contribution in [1.29, 1.82) is 0 Å². The van der Waals surface area contributed by atoms with Crippen molar-refractivity contribution in [3.05, 3.63) is 35.4 Å². The molecule has 18 atom stereocenters. The number of hydrogen-bond donors (Lipinski definition) is 7. The number of methoxy groups -OCH3 is 2. The average molecular weight is 777 g/mol. The summed E-state index contributed by atoms with van der Waals surface area (Å²) in [5, 5.41) is 72.5. The average Bonchev–Trinajstić information content (AvgIpc) is 3.50. The lowest BCUT2D eigenvalue weighted by Gasteiger charge is -2.58. The third kappa shape index (κ3) is 7.07. The number of carbonyl (C=O) groups excluding carboxylic acids is 1. The summed E-state index contributed by atoms with van der Waals surface area (Å²) in [6.45, 7) is 5.40. The molecular weight excluding hydrogens is 716 g/mol. The summed E-state index contributed by atoms with van der Waals surface area (Å²) < 4.78 is 34.7. The predicted molar refractivity (Wildman–Crippen MR) is 195 cm³/mol. The Balaban J connectivity index is 1.04. The minimum Gasteiger partial charge on any atom is -0.497 e. The Morgan fingerprint density at radius 2 is 1.55 bits per heavy atom. The van der Waals surface area contributed by atoms with Gasteiger partial charge in [0, 0.05) is 11.5 Å². The summed E-state index contributed by atoms with van der Waals surface area (Å²) >= 11 is 0. The minimum atomic E-state index is -1.65. The van der Waals surface area contributed by atoms with E-state index in [2.05, 4.69) is 19.9 Å². The molecular formula is C41H60O14. The summed E-state index contributed by atoms with van der Waals surface area (Å²) in [5.74, 6) is 2.87. The molecule has 308 valence electrons. The van der Waals surface area contributed by atoms with Crippen molar-refractivity contribution >= 4 is 5.78 Å². The van der Waals surface area contributed by atoms with Crippen molar-refractivity contribution in [2.24, 2.45) is 34.5 Å². The smallest absolute Gasteiger partial charge is 0.186 e. The molecule has 2 heterocycles. The molecule has 0 spiro atoms. The number of ketones is 1. The van der Waals surface area contributed by atoms with Gasteiger partial charge in [0.2, 0.25) is 0 Å². The first-order valence-corrected chi connectivity index (χ1v) is 19.9. The molecule has 0 aromatic heterocycles. The van der Waals surface area contributed by atoms with Gasteiger partial charge in [-0.25, -0.2) is 0 Å². The van der Waals surface area contributed by atoms with E-state index in [-0.39, 0.29) is 34.6 Å². The molecule has 0 unspecified atom stereocenters. The van der Waals surface area contributed by atoms with Gasteiger partial charge in [-0.15, -0.1) is 0 Å². The Bertz CT molecular complexity index is 1570. The van der Waals surface area contributed by atoms with Crippen LogP contribution in [0.15, 0.2) is 29.8 Å². The van der Waals surface area contributed by atoms with Gasteiger partial charge in [0.05, 0.1) is 33.5 Å². The number of carbonyl (C=O) groups is 1. The Labute approximate surface area is 322 Å². The van der Waals surface area contributed by atoms with Gasteiger partial charge >= 0.3 is 0 Å². The van der Waals surface area contributed by atoms with Crippen LogP contribution in [0.25, 0.3) is 0 Å². The van der Waals surface area contributed by atoms with Gasteiger partial charge in [0.25, 0.3) is 0 Å². The lowest BCUT2D eigenvalue weighted by molar-refractivity contribution is -0.336. The first-order valence-electron chi connectivity index (χ1n) is 19.9. The molecule has 55 heavy (non-hydrogen) atoms. The summed E-state index contributed by atoms with van der Waals surface area (Å²) in [6, 6.07) is 5.88. The zero-order chi connectivity index (χ0) is 39.6. The maximum atomic E-state index is 13.5. The number of benzene rings is 1. The van der Waals surface area contributed by atoms with E-state index in [1.807, 2.05) is 18.2 Å². The van der Waals surface area contributed by atoms with Gasteiger partial charge in [-0.1, -0.05) is 25.5 Å². The van der Waals surface area contributed by atoms with Crippen LogP contribution in [0.2, 0.25) is 0 Å². The summed E-state index contributed by atoms with van der Waals surface area (Å²) in [7, 11) is 3.33. The van der Waals surface area contributed by atoms with E-state index in [4.69, 9.17) is 28.4 Å². The summed E-state index contributed by atoms with van der Waals surface area (Å²) in [5.41, 5.74) is 2.15. The Hall–Kier alpha value is -2.21. The fourth-order valence-corrected chi connectivity index (χ4v) is 11.7. The van der Waals surface area contributed by atoms with E-state index in [1.54, 1.807) is 21.1 Å². The fraction of sp³-hybridized carbons (Fsp3) is 0.780. The quantitative estimate of drug-likeness (QED) is 0.168. The van der Waals surface area contributed by atoms with Gasteiger partial charge < -0.3 is 64.2 Å². The molecule has 14 heteroatoms. The van der Waals surface area contributed by atoms with Gasteiger partial charge in [0.15, 0.2) is 12.6 Å². The number of aliphatic hydroxyl groups excluding tert-OH is 7. The van der Waals surface area contributed by atoms with Crippen LogP contribution in [0, 0.1) is 34.5 Å². The number of rotatable bonds is 10. The number of allylic oxidation sites excluding steroid dienone is 1. The molecule has 5 fully saturated rings. The highest BCUT2D eigenvalue weighted by Crippen LogP contribution is 2.69. The molecule has 0 bridgehead atoms. The molecule has 6 aliphatic rings. The third-order valence-electron chi connectivity index (χ3n) is 14.7. The van der Waals surface area contributed by atoms with Crippen LogP contribution < -0.4 is 9.47 Å². The number of fused-ring (bicyclic) bond motifs is 5. The first kappa shape index (κ1) is 41.0. The lowest BCUT2D eigenvalue weighted by atomic mass is 9.47. The van der Waals surface area contributed by atoms with Crippen LogP contribution in [-0.4, -0.2) is 136 Å². The van der Waals surface area contributed by atoms with Crippen LogP contribution in [0.4, 0.5) is 0 Å². The van der Waals surface area contributed by atoms with Gasteiger partial charge in [-0.2, -0.15) is 0 Å². The second-order valence-electron chi connectivity index (χ2n) is 17.4. The molecule has 14 nitrogen and oxygen atoms in total. The number of aliphatic hydroxyl groups is 7. The molecule has 0 amide bonds. The molecule has 7 N–H and O–H groups in total. The highest BCUT2D eigenvalue weighted by molar-refractivity contribution is 5.81. The van der Waals surface area contributed by atoms with E-state index in [0.717, 1.165) is 49.2 Å². The van der Waals surface area contributed by atoms with Crippen LogP contribution >= 0.6 is 0 Å². The molecule has 3 saturated carbocycles. The monoisotopic (exact) mass is 776 g/mol. The van der Waals surface area contributed by atoms with Crippen LogP contribution in [-0.2, 0) is 23.7 Å². The molecule has 4 aliphatic carbocycles. The Morgan fingerprint density at radius 1 is 0.855 bits per heavy atom. The summed E-state index contributed by atoms with van der Waals surface area (Å²) in [6.07, 6.45) is -6.68. The maximum Gasteiger partial charge on any atom is 0.186 e. The predicted octanol–water partition coefficient (Wildman–Crippen LogP) is 1.57. The highest BCUT2D eigenvalue weighted by atomic mass is 16.7. The van der Waals surface area contributed by atoms with Crippen molar-refractivity contribution < 1.29 is 69.0 Å². The van der Waals surface area contributed by atoms with Gasteiger partial charge in [-0.05, 0) is 105 Å². The molecule has 7 rings (SSSR count). The van der Waals surface area contributed by atoms with E-state index < -0.39 is 74.6 Å². The van der Waals surface area contributed by atoms with Crippen molar-refractivity contribution in [2.45, 2.75) is 139 Å². The van der Waals surface area contributed by atoms with Crippen LogP contribution in [0.3, 0.4) is 0 Å². The normalized spacial score (nSPS) is 46.9. The first-order chi connectivity index (χ1) is 26.2. The van der Waals surface area contributed by atoms with Crippen molar-refractivity contribution in [2.75, 3.05) is 27.4 Å². The molecule has 2 saturated heterocycles. The Kier molecular flexibility index (Phi) is 11.8. The maximum absolute atomic E-state index is 13.5. The molecule has 0 radical (unpaired) electrons. The van der Waals surface area contributed by atoms with E-state index in [9.17, 15) is 40.5 Å². The van der Waals surface area contributed by atoms with E-state index in [0.29, 0.717) is 30.6 Å². The number of hydrogen-bond acceptors (Lipinski definition) is 14. The topological polar surface area (TPSA) is 214 Å². The minimum absolute atomic E-state index is 0.0286. The molecule has 1 aromatic carbocycles. The summed E-state index contributed by atoms with van der Waals surface area (Å²) in [4.78, 5) is 13.5. The third-order valence-corrected chi connectivity index (χ3v) is 14.7. The molecule has 2 aliphatic heterocycles. The highest BCUT2D eigenvalue weighted by Gasteiger charge is 2.63. The standard InChI is InChI=1S/C41H60O14/c1-19(43)31-25(24-15-21(50-4)7-9-28(24)51-5)16-27-23-8-6-20-14-22(10-12-40(20,2)26(23)11-13-41(27,31)3)53-39-37(49)35(47)33(45)30(55-39)18-52-38-36(48)34(46)32(44)29(17-42)54-38/h6-7,9,15,22-23,25-27,29-39,42,44-49H,8,10-14,16-18H2,1-5H3/t22-,23+,25-,26-,27-,29+,30+,31-,32+,33+,34-,35-,36+,37+,38+,39+,40-,41-/m0/s1. The van der Waals surface area contributed by atoms with Crippen molar-refractivity contribution in [3.63, 3.8) is 0 Å². The van der Waals surface area contributed by atoms with Crippen molar-refractivity contribution in [1.82, 2.24) is 0 Å². The molecule has 1 aromatic rings. The van der Waals surface area contributed by atoms with Gasteiger partial charge in [0.1, 0.15) is 66.1 Å². The largest absolute Gasteiger partial charge is 0.497 e. The fourth-order valence-electron chi connectivity index (χ4n) is 11.7. The van der Waals surface area contributed by atoms with Gasteiger partial charge in [-0.3, -0.25) is 4.79 Å².